The van der Waals surface area contributed by atoms with E-state index in [4.69, 9.17) is 9.56 Å². The second kappa shape index (κ2) is 8.78. The Morgan fingerprint density at radius 1 is 0.850 bits per heavy atom. The molecule has 0 saturated carbocycles. The lowest BCUT2D eigenvalue weighted by Gasteiger charge is -1.90. The van der Waals surface area contributed by atoms with Gasteiger partial charge in [0.25, 0.3) is 0 Å². The van der Waals surface area contributed by atoms with E-state index < -0.39 is 10.0 Å². The molecular formula is C13H15NO5S. The van der Waals surface area contributed by atoms with Crippen molar-refractivity contribution in [2.24, 2.45) is 5.14 Å². The lowest BCUT2D eigenvalue weighted by atomic mass is 10.5. The first kappa shape index (κ1) is 15.8. The Balaban J connectivity index is 0.000000167. The average Bonchev–Trinajstić information content (AvgIpc) is 3.16. The molecule has 0 amide bonds. The third-order valence-corrected chi connectivity index (χ3v) is 2.46. The Hall–Kier alpha value is -2.25. The van der Waals surface area contributed by atoms with Gasteiger partial charge in [-0.2, -0.15) is 0 Å². The smallest absolute Gasteiger partial charge is 0.216 e. The van der Waals surface area contributed by atoms with Crippen LogP contribution in [0.2, 0.25) is 0 Å². The maximum absolute atomic E-state index is 10.4. The Labute approximate surface area is 116 Å². The lowest BCUT2D eigenvalue weighted by Crippen LogP contribution is -2.13. The first-order chi connectivity index (χ1) is 9.58. The van der Waals surface area contributed by atoms with Crippen LogP contribution in [0.5, 0.6) is 0 Å². The molecule has 3 rings (SSSR count). The highest BCUT2D eigenvalue weighted by atomic mass is 32.2. The zero-order chi connectivity index (χ0) is 14.7. The van der Waals surface area contributed by atoms with Crippen molar-refractivity contribution in [2.75, 3.05) is 0 Å². The summed E-state index contributed by atoms with van der Waals surface area (Å²) in [6.07, 6.45) is 7.90. The van der Waals surface area contributed by atoms with Crippen LogP contribution in [0.3, 0.4) is 0 Å². The quantitative estimate of drug-likeness (QED) is 0.783. The molecule has 0 bridgehead atoms. The summed E-state index contributed by atoms with van der Waals surface area (Å²) in [5.74, 6) is 0.127. The fraction of sp³-hybridized carbons (Fsp3) is 0.0769. The molecule has 0 aliphatic heterocycles. The van der Waals surface area contributed by atoms with Gasteiger partial charge in [0.05, 0.1) is 31.3 Å². The standard InChI is InChI=1S/C5H7NO3S.2C4H4O/c6-10(7,8)4-5-2-1-3-9-5;2*1-2-4-5-3-1/h1-3H,4H2,(H2,6,7,8);2*1-4H. The first-order valence-corrected chi connectivity index (χ1v) is 7.26. The van der Waals surface area contributed by atoms with Crippen LogP contribution in [-0.2, 0) is 15.8 Å². The van der Waals surface area contributed by atoms with Crippen molar-refractivity contribution in [1.29, 1.82) is 0 Å². The Morgan fingerprint density at radius 2 is 1.35 bits per heavy atom. The average molecular weight is 297 g/mol. The fourth-order valence-electron chi connectivity index (χ4n) is 1.05. The van der Waals surface area contributed by atoms with Gasteiger partial charge in [-0.15, -0.1) is 0 Å². The largest absolute Gasteiger partial charge is 0.473 e. The van der Waals surface area contributed by atoms with Gasteiger partial charge in [0.1, 0.15) is 11.5 Å². The molecule has 0 saturated heterocycles. The molecule has 3 aromatic rings. The fourth-order valence-corrected chi connectivity index (χ4v) is 1.61. The van der Waals surface area contributed by atoms with E-state index in [-0.39, 0.29) is 5.75 Å². The van der Waals surface area contributed by atoms with Crippen molar-refractivity contribution in [3.05, 3.63) is 73.5 Å². The molecule has 0 radical (unpaired) electrons. The third-order valence-electron chi connectivity index (χ3n) is 1.77. The summed E-state index contributed by atoms with van der Waals surface area (Å²) < 4.78 is 34.7. The van der Waals surface area contributed by atoms with Gasteiger partial charge in [-0.1, -0.05) is 0 Å². The summed E-state index contributed by atoms with van der Waals surface area (Å²) in [5.41, 5.74) is 0. The van der Waals surface area contributed by atoms with E-state index in [1.54, 1.807) is 37.2 Å². The second-order valence-electron chi connectivity index (χ2n) is 3.47. The van der Waals surface area contributed by atoms with E-state index in [0.717, 1.165) is 0 Å². The van der Waals surface area contributed by atoms with E-state index in [1.165, 1.54) is 6.26 Å². The topological polar surface area (TPSA) is 99.6 Å². The van der Waals surface area contributed by atoms with Crippen molar-refractivity contribution in [3.63, 3.8) is 0 Å². The highest BCUT2D eigenvalue weighted by Gasteiger charge is 2.05. The van der Waals surface area contributed by atoms with Crippen LogP contribution in [0.15, 0.2) is 81.0 Å². The van der Waals surface area contributed by atoms with Gasteiger partial charge >= 0.3 is 0 Å². The summed E-state index contributed by atoms with van der Waals surface area (Å²) in [4.78, 5) is 0. The first-order valence-electron chi connectivity index (χ1n) is 5.55. The molecule has 7 heteroatoms. The van der Waals surface area contributed by atoms with E-state index in [0.29, 0.717) is 5.76 Å². The van der Waals surface area contributed by atoms with Gasteiger partial charge in [0.2, 0.25) is 10.0 Å². The monoisotopic (exact) mass is 297 g/mol. The molecular weight excluding hydrogens is 282 g/mol. The van der Waals surface area contributed by atoms with Crippen LogP contribution in [0.4, 0.5) is 0 Å². The number of primary sulfonamides is 1. The van der Waals surface area contributed by atoms with Crippen LogP contribution in [0.25, 0.3) is 0 Å². The van der Waals surface area contributed by atoms with Gasteiger partial charge in [0, 0.05) is 0 Å². The molecule has 0 unspecified atom stereocenters. The van der Waals surface area contributed by atoms with E-state index >= 15 is 0 Å². The zero-order valence-corrected chi connectivity index (χ0v) is 11.4. The SMILES string of the molecule is NS(=O)(=O)Cc1ccco1.c1ccoc1.c1ccoc1. The van der Waals surface area contributed by atoms with Crippen LogP contribution in [0, 0.1) is 0 Å². The highest BCUT2D eigenvalue weighted by Crippen LogP contribution is 2.02. The summed E-state index contributed by atoms with van der Waals surface area (Å²) in [6.45, 7) is 0. The minimum Gasteiger partial charge on any atom is -0.473 e. The Bertz CT molecular complexity index is 552. The van der Waals surface area contributed by atoms with Crippen molar-refractivity contribution in [1.82, 2.24) is 0 Å². The summed E-state index contributed by atoms with van der Waals surface area (Å²) in [6, 6.07) is 10.5. The number of hydrogen-bond acceptors (Lipinski definition) is 5. The van der Waals surface area contributed by atoms with Crippen LogP contribution >= 0.6 is 0 Å². The van der Waals surface area contributed by atoms with Crippen molar-refractivity contribution >= 4 is 10.0 Å². The number of nitrogens with two attached hydrogens (primary N) is 1. The van der Waals surface area contributed by atoms with Crippen molar-refractivity contribution < 1.29 is 21.7 Å². The second-order valence-corrected chi connectivity index (χ2v) is 5.09. The molecule has 108 valence electrons. The summed E-state index contributed by atoms with van der Waals surface area (Å²) in [5, 5.41) is 4.74. The number of sulfonamides is 1. The van der Waals surface area contributed by atoms with Gasteiger partial charge < -0.3 is 13.3 Å². The van der Waals surface area contributed by atoms with E-state index in [2.05, 4.69) is 8.83 Å². The third kappa shape index (κ3) is 8.78. The molecule has 0 aliphatic rings. The normalized spacial score (nSPS) is 9.85. The molecule has 0 atom stereocenters. The number of hydrogen-bond donors (Lipinski definition) is 1. The molecule has 2 N–H and O–H groups in total. The predicted octanol–water partition coefficient (Wildman–Crippen LogP) is 2.63. The number of rotatable bonds is 2. The highest BCUT2D eigenvalue weighted by molar-refractivity contribution is 7.88. The van der Waals surface area contributed by atoms with Crippen LogP contribution in [0.1, 0.15) is 5.76 Å². The van der Waals surface area contributed by atoms with Gasteiger partial charge in [-0.25, -0.2) is 13.6 Å². The molecule has 3 aromatic heterocycles. The molecule has 0 fully saturated rings. The Morgan fingerprint density at radius 3 is 1.60 bits per heavy atom. The van der Waals surface area contributed by atoms with Crippen molar-refractivity contribution in [3.8, 4) is 0 Å². The predicted molar refractivity (Wildman–Crippen MR) is 72.9 cm³/mol. The van der Waals surface area contributed by atoms with Gasteiger partial charge in [-0.05, 0) is 36.4 Å². The Kier molecular flexibility index (Phi) is 6.94. The van der Waals surface area contributed by atoms with E-state index in [9.17, 15) is 8.42 Å². The van der Waals surface area contributed by atoms with Crippen LogP contribution < -0.4 is 5.14 Å². The molecule has 0 aliphatic carbocycles. The lowest BCUT2D eigenvalue weighted by molar-refractivity contribution is 0.521. The maximum atomic E-state index is 10.4. The van der Waals surface area contributed by atoms with Gasteiger partial charge in [-0.3, -0.25) is 0 Å². The number of furan rings is 3. The van der Waals surface area contributed by atoms with E-state index in [1.807, 2.05) is 24.3 Å². The summed E-state index contributed by atoms with van der Waals surface area (Å²) in [7, 11) is -3.44. The van der Waals surface area contributed by atoms with Crippen LogP contribution in [-0.4, -0.2) is 8.42 Å². The molecule has 20 heavy (non-hydrogen) atoms. The molecule has 0 aromatic carbocycles. The molecule has 3 heterocycles. The van der Waals surface area contributed by atoms with Gasteiger partial charge in [0.15, 0.2) is 0 Å². The van der Waals surface area contributed by atoms with Crippen molar-refractivity contribution in [2.45, 2.75) is 5.75 Å². The maximum Gasteiger partial charge on any atom is 0.216 e. The minimum atomic E-state index is -3.44. The molecule has 0 spiro atoms. The minimum absolute atomic E-state index is 0.236. The summed E-state index contributed by atoms with van der Waals surface area (Å²) >= 11 is 0. The zero-order valence-electron chi connectivity index (χ0n) is 10.6. The molecule has 6 nitrogen and oxygen atoms in total.